The lowest BCUT2D eigenvalue weighted by atomic mass is 9.79. The van der Waals surface area contributed by atoms with Crippen LogP contribution in [0.3, 0.4) is 0 Å². The van der Waals surface area contributed by atoms with Crippen molar-refractivity contribution < 1.29 is 5.11 Å². The Hall–Kier alpha value is -1.59. The summed E-state index contributed by atoms with van der Waals surface area (Å²) in [4.78, 5) is 7.49. The molecule has 2 rings (SSSR count). The highest BCUT2D eigenvalue weighted by Gasteiger charge is 2.27. The van der Waals surface area contributed by atoms with Crippen LogP contribution in [-0.4, -0.2) is 54.8 Å². The van der Waals surface area contributed by atoms with E-state index in [0.717, 1.165) is 64.2 Å². The molecular weight excluding hydrogens is 360 g/mol. The molecule has 1 fully saturated rings. The Morgan fingerprint density at radius 3 is 2.38 bits per heavy atom. The topological polar surface area (TPSA) is 59.9 Å². The first kappa shape index (κ1) is 23.7. The van der Waals surface area contributed by atoms with Crippen LogP contribution in [0, 0.1) is 5.41 Å². The van der Waals surface area contributed by atoms with Crippen molar-refractivity contribution in [3.05, 3.63) is 35.9 Å². The van der Waals surface area contributed by atoms with E-state index < -0.39 is 0 Å². The molecule has 1 aliphatic rings. The van der Waals surface area contributed by atoms with E-state index in [9.17, 15) is 5.11 Å². The van der Waals surface area contributed by atoms with Crippen molar-refractivity contribution in [2.75, 3.05) is 32.8 Å². The van der Waals surface area contributed by atoms with Crippen molar-refractivity contribution in [3.8, 4) is 0 Å². The molecule has 1 aromatic carbocycles. The largest absolute Gasteiger partial charge is 0.396 e. The number of piperidine rings is 1. The minimum Gasteiger partial charge on any atom is -0.396 e. The van der Waals surface area contributed by atoms with Crippen LogP contribution >= 0.6 is 0 Å². The Morgan fingerprint density at radius 2 is 1.83 bits per heavy atom. The average Bonchev–Trinajstić information content (AvgIpc) is 2.77. The summed E-state index contributed by atoms with van der Waals surface area (Å²) in [5, 5.41) is 16.5. The van der Waals surface area contributed by atoms with Crippen molar-refractivity contribution in [1.29, 1.82) is 0 Å². The summed E-state index contributed by atoms with van der Waals surface area (Å²) in [6.45, 7) is 12.9. The van der Waals surface area contributed by atoms with Crippen molar-refractivity contribution in [1.82, 2.24) is 15.5 Å². The number of aliphatic imine (C=N–C) groups is 1. The van der Waals surface area contributed by atoms with Gasteiger partial charge in [0.1, 0.15) is 0 Å². The normalized spacial score (nSPS) is 17.9. The Labute approximate surface area is 178 Å². The number of hydrogen-bond acceptors (Lipinski definition) is 3. The highest BCUT2D eigenvalue weighted by Crippen LogP contribution is 2.30. The number of hydrogen-bond donors (Lipinski definition) is 3. The van der Waals surface area contributed by atoms with Crippen LogP contribution in [-0.2, 0) is 0 Å². The fourth-order valence-electron chi connectivity index (χ4n) is 4.28. The molecule has 0 spiro atoms. The highest BCUT2D eigenvalue weighted by atomic mass is 16.3. The second kappa shape index (κ2) is 12.2. The molecular formula is C24H42N4O. The maximum atomic E-state index is 9.46. The lowest BCUT2D eigenvalue weighted by molar-refractivity contribution is 0.157. The zero-order valence-electron chi connectivity index (χ0n) is 19.0. The van der Waals surface area contributed by atoms with Gasteiger partial charge >= 0.3 is 0 Å². The molecule has 0 aliphatic carbocycles. The minimum atomic E-state index is 0.103. The van der Waals surface area contributed by atoms with E-state index in [0.29, 0.717) is 12.1 Å². The SMILES string of the molecule is CCNC(=NCC(CC)(CC)CCO)NC1CCN(C(C)c2ccccc2)CC1. The maximum Gasteiger partial charge on any atom is 0.191 e. The van der Waals surface area contributed by atoms with Gasteiger partial charge in [-0.05, 0) is 56.9 Å². The number of benzene rings is 1. The molecule has 1 saturated heterocycles. The number of rotatable bonds is 10. The summed E-state index contributed by atoms with van der Waals surface area (Å²) in [6.07, 6.45) is 5.17. The molecule has 1 unspecified atom stereocenters. The molecule has 5 heteroatoms. The van der Waals surface area contributed by atoms with E-state index in [4.69, 9.17) is 4.99 Å². The second-order valence-corrected chi connectivity index (χ2v) is 8.42. The molecule has 29 heavy (non-hydrogen) atoms. The van der Waals surface area contributed by atoms with Crippen molar-refractivity contribution >= 4 is 5.96 Å². The van der Waals surface area contributed by atoms with Crippen LogP contribution in [0.5, 0.6) is 0 Å². The van der Waals surface area contributed by atoms with Crippen LogP contribution in [0.25, 0.3) is 0 Å². The van der Waals surface area contributed by atoms with Crippen LogP contribution in [0.15, 0.2) is 35.3 Å². The second-order valence-electron chi connectivity index (χ2n) is 8.42. The van der Waals surface area contributed by atoms with E-state index in [1.807, 2.05) is 0 Å². The predicted molar refractivity (Wildman–Crippen MR) is 123 cm³/mol. The maximum absolute atomic E-state index is 9.46. The fraction of sp³-hybridized carbons (Fsp3) is 0.708. The monoisotopic (exact) mass is 402 g/mol. The van der Waals surface area contributed by atoms with Gasteiger partial charge < -0.3 is 15.7 Å². The van der Waals surface area contributed by atoms with Gasteiger partial charge in [0.05, 0.1) is 0 Å². The van der Waals surface area contributed by atoms with Crippen LogP contribution < -0.4 is 10.6 Å². The molecule has 1 aliphatic heterocycles. The highest BCUT2D eigenvalue weighted by molar-refractivity contribution is 5.80. The number of guanidine groups is 1. The summed E-state index contributed by atoms with van der Waals surface area (Å²) >= 11 is 0. The Balaban J connectivity index is 1.91. The number of nitrogens with one attached hydrogen (secondary N) is 2. The first-order valence-electron chi connectivity index (χ1n) is 11.5. The third-order valence-electron chi connectivity index (χ3n) is 6.76. The molecule has 0 bridgehead atoms. The van der Waals surface area contributed by atoms with Crippen LogP contribution in [0.4, 0.5) is 0 Å². The van der Waals surface area contributed by atoms with E-state index >= 15 is 0 Å². The first-order valence-corrected chi connectivity index (χ1v) is 11.5. The molecule has 5 nitrogen and oxygen atoms in total. The zero-order chi connectivity index (χ0) is 21.1. The minimum absolute atomic E-state index is 0.103. The molecule has 1 aromatic rings. The molecule has 3 N–H and O–H groups in total. The standard InChI is InChI=1S/C24H42N4O/c1-5-24(6-2,15-18-29)19-26-23(25-7-3)27-22-13-16-28(17-14-22)20(4)21-11-9-8-10-12-21/h8-12,20,22,29H,5-7,13-19H2,1-4H3,(H2,25,26,27). The molecule has 0 amide bonds. The van der Waals surface area contributed by atoms with Gasteiger partial charge in [-0.3, -0.25) is 9.89 Å². The molecule has 0 radical (unpaired) electrons. The number of nitrogens with zero attached hydrogens (tertiary/aromatic N) is 2. The summed E-state index contributed by atoms with van der Waals surface area (Å²) in [6, 6.07) is 11.7. The van der Waals surface area contributed by atoms with E-state index in [1.165, 1.54) is 5.56 Å². The lowest BCUT2D eigenvalue weighted by Crippen LogP contribution is -2.49. The molecule has 1 atom stereocenters. The Morgan fingerprint density at radius 1 is 1.17 bits per heavy atom. The number of likely N-dealkylation sites (tertiary alicyclic amines) is 1. The van der Waals surface area contributed by atoms with Crippen LogP contribution in [0.1, 0.15) is 71.4 Å². The van der Waals surface area contributed by atoms with Gasteiger partial charge in [0, 0.05) is 44.9 Å². The van der Waals surface area contributed by atoms with E-state index in [1.54, 1.807) is 0 Å². The van der Waals surface area contributed by atoms with Crippen LogP contribution in [0.2, 0.25) is 0 Å². The van der Waals surface area contributed by atoms with Gasteiger partial charge in [-0.15, -0.1) is 0 Å². The molecule has 0 aromatic heterocycles. The Bertz CT molecular complexity index is 592. The summed E-state index contributed by atoms with van der Waals surface area (Å²) in [5.74, 6) is 0.922. The van der Waals surface area contributed by atoms with Gasteiger partial charge in [0.2, 0.25) is 0 Å². The van der Waals surface area contributed by atoms with Crippen molar-refractivity contribution in [2.24, 2.45) is 10.4 Å². The summed E-state index contributed by atoms with van der Waals surface area (Å²) in [7, 11) is 0. The first-order chi connectivity index (χ1) is 14.1. The summed E-state index contributed by atoms with van der Waals surface area (Å²) in [5.41, 5.74) is 1.50. The van der Waals surface area contributed by atoms with E-state index in [2.05, 4.69) is 73.6 Å². The van der Waals surface area contributed by atoms with Crippen molar-refractivity contribution in [3.63, 3.8) is 0 Å². The quantitative estimate of drug-likeness (QED) is 0.410. The van der Waals surface area contributed by atoms with Gasteiger partial charge in [0.25, 0.3) is 0 Å². The molecule has 1 heterocycles. The number of aliphatic hydroxyl groups excluding tert-OH is 1. The van der Waals surface area contributed by atoms with Gasteiger partial charge in [-0.25, -0.2) is 0 Å². The average molecular weight is 403 g/mol. The lowest BCUT2D eigenvalue weighted by Gasteiger charge is -2.37. The zero-order valence-corrected chi connectivity index (χ0v) is 19.0. The van der Waals surface area contributed by atoms with E-state index in [-0.39, 0.29) is 12.0 Å². The number of aliphatic hydroxyl groups is 1. The Kier molecular flexibility index (Phi) is 9.95. The third-order valence-corrected chi connectivity index (χ3v) is 6.76. The van der Waals surface area contributed by atoms with Gasteiger partial charge in [-0.2, -0.15) is 0 Å². The smallest absolute Gasteiger partial charge is 0.191 e. The molecule has 164 valence electrons. The predicted octanol–water partition coefficient (Wildman–Crippen LogP) is 3.96. The third kappa shape index (κ3) is 7.00. The van der Waals surface area contributed by atoms with Crippen molar-refractivity contribution in [2.45, 2.75) is 71.9 Å². The fourth-order valence-corrected chi connectivity index (χ4v) is 4.28. The van der Waals surface area contributed by atoms with Gasteiger partial charge in [-0.1, -0.05) is 44.2 Å². The molecule has 0 saturated carbocycles. The van der Waals surface area contributed by atoms with Gasteiger partial charge in [0.15, 0.2) is 5.96 Å². The summed E-state index contributed by atoms with van der Waals surface area (Å²) < 4.78 is 0.